The Morgan fingerprint density at radius 2 is 1.89 bits per heavy atom. The van der Waals surface area contributed by atoms with E-state index in [2.05, 4.69) is 0 Å². The first kappa shape index (κ1) is 11.8. The van der Waals surface area contributed by atoms with Crippen LogP contribution in [0.3, 0.4) is 0 Å². The summed E-state index contributed by atoms with van der Waals surface area (Å²) in [5, 5.41) is 34.1. The van der Waals surface area contributed by atoms with Crippen molar-refractivity contribution in [3.8, 4) is 0 Å². The third-order valence-corrected chi connectivity index (χ3v) is 2.47. The molecule has 0 atom stereocenters. The van der Waals surface area contributed by atoms with Gasteiger partial charge in [-0.3, -0.25) is 10.1 Å². The van der Waals surface area contributed by atoms with Crippen LogP contribution >= 0.6 is 0 Å². The summed E-state index contributed by atoms with van der Waals surface area (Å²) in [6, 6.07) is 6.24. The van der Waals surface area contributed by atoms with Gasteiger partial charge in [0.25, 0.3) is 22.9 Å². The molecule has 0 aliphatic carbocycles. The Morgan fingerprint density at radius 1 is 1.28 bits per heavy atom. The van der Waals surface area contributed by atoms with Crippen molar-refractivity contribution in [2.75, 3.05) is 0 Å². The third kappa shape index (κ3) is 1.93. The molecule has 2 rings (SSSR count). The molecule has 0 spiro atoms. The first-order chi connectivity index (χ1) is 8.50. The summed E-state index contributed by atoms with van der Waals surface area (Å²) in [5.74, 6) is 0. The summed E-state index contributed by atoms with van der Waals surface area (Å²) >= 11 is 0. The lowest BCUT2D eigenvalue weighted by atomic mass is 10.2. The largest absolute Gasteiger partial charge is 0.618 e. The van der Waals surface area contributed by atoms with E-state index in [1.807, 2.05) is 0 Å². The number of hydrogen-bond donors (Lipinski definition) is 0. The van der Waals surface area contributed by atoms with Crippen LogP contribution in [0.4, 0.5) is 0 Å². The number of rotatable bonds is 2. The minimum absolute atomic E-state index is 0.0714. The van der Waals surface area contributed by atoms with Gasteiger partial charge in [0, 0.05) is 19.1 Å². The molecule has 0 unspecified atom stereocenters. The minimum Gasteiger partial charge on any atom is -0.618 e. The van der Waals surface area contributed by atoms with Gasteiger partial charge in [0.05, 0.1) is 11.0 Å². The number of aromatic nitrogens is 2. The fourth-order valence-corrected chi connectivity index (χ4v) is 1.57. The SMILES string of the molecule is CC(=Cc1c[n+]([O-])c2ccccc2[n+]1[O-])[N+](=O)[O-]. The summed E-state index contributed by atoms with van der Waals surface area (Å²) in [7, 11) is 0. The Kier molecular flexibility index (Phi) is 2.80. The van der Waals surface area contributed by atoms with E-state index in [-0.39, 0.29) is 22.4 Å². The molecule has 1 heterocycles. The molecule has 0 N–H and O–H groups in total. The van der Waals surface area contributed by atoms with Crippen molar-refractivity contribution in [1.29, 1.82) is 0 Å². The van der Waals surface area contributed by atoms with E-state index in [1.165, 1.54) is 19.1 Å². The average molecular weight is 247 g/mol. The highest BCUT2D eigenvalue weighted by Gasteiger charge is 2.19. The van der Waals surface area contributed by atoms with Crippen LogP contribution in [0.1, 0.15) is 12.6 Å². The molecule has 18 heavy (non-hydrogen) atoms. The molecule has 0 bridgehead atoms. The second-order valence-corrected chi connectivity index (χ2v) is 3.71. The minimum atomic E-state index is -0.621. The molecule has 1 aromatic heterocycles. The first-order valence-electron chi connectivity index (χ1n) is 5.08. The Balaban J connectivity index is 2.71. The Bertz CT molecular complexity index is 667. The Morgan fingerprint density at radius 3 is 2.50 bits per heavy atom. The maximum absolute atomic E-state index is 11.9. The number of fused-ring (bicyclic) bond motifs is 1. The van der Waals surface area contributed by atoms with Crippen LogP contribution in [-0.2, 0) is 0 Å². The number of hydrogen-bond acceptors (Lipinski definition) is 4. The van der Waals surface area contributed by atoms with Crippen molar-refractivity contribution in [2.45, 2.75) is 6.92 Å². The van der Waals surface area contributed by atoms with Gasteiger partial charge in [-0.05, 0) is 0 Å². The molecule has 0 radical (unpaired) electrons. The second kappa shape index (κ2) is 4.28. The van der Waals surface area contributed by atoms with Gasteiger partial charge in [0.2, 0.25) is 5.70 Å². The maximum Gasteiger partial charge on any atom is 0.290 e. The second-order valence-electron chi connectivity index (χ2n) is 3.71. The molecule has 0 saturated carbocycles. The maximum atomic E-state index is 11.9. The zero-order valence-electron chi connectivity index (χ0n) is 9.44. The van der Waals surface area contributed by atoms with Gasteiger partial charge in [-0.1, -0.05) is 12.1 Å². The fraction of sp³-hybridized carbons (Fsp3) is 0.0909. The van der Waals surface area contributed by atoms with Crippen LogP contribution in [0.15, 0.2) is 36.2 Å². The van der Waals surface area contributed by atoms with Gasteiger partial charge in [-0.15, -0.1) is 0 Å². The van der Waals surface area contributed by atoms with Gasteiger partial charge in [-0.25, -0.2) is 0 Å². The third-order valence-electron chi connectivity index (χ3n) is 2.47. The van der Waals surface area contributed by atoms with E-state index in [0.29, 0.717) is 9.46 Å². The van der Waals surface area contributed by atoms with Crippen LogP contribution in [0.25, 0.3) is 17.1 Å². The van der Waals surface area contributed by atoms with Gasteiger partial charge < -0.3 is 10.4 Å². The highest BCUT2D eigenvalue weighted by molar-refractivity contribution is 5.67. The molecule has 0 amide bonds. The predicted molar refractivity (Wildman–Crippen MR) is 62.5 cm³/mol. The van der Waals surface area contributed by atoms with E-state index in [0.717, 1.165) is 12.3 Å². The van der Waals surface area contributed by atoms with Crippen molar-refractivity contribution in [1.82, 2.24) is 0 Å². The summed E-state index contributed by atoms with van der Waals surface area (Å²) < 4.78 is 1.01. The van der Waals surface area contributed by atoms with Gasteiger partial charge in [0.1, 0.15) is 0 Å². The molecule has 0 saturated heterocycles. The highest BCUT2D eigenvalue weighted by Crippen LogP contribution is 2.07. The van der Waals surface area contributed by atoms with Crippen molar-refractivity contribution >= 4 is 17.1 Å². The topological polar surface area (TPSA) is 97.0 Å². The number of nitro groups is 1. The predicted octanol–water partition coefficient (Wildman–Crippen LogP) is 0.744. The van der Waals surface area contributed by atoms with Gasteiger partial charge in [0.15, 0.2) is 0 Å². The van der Waals surface area contributed by atoms with Crippen LogP contribution in [0.5, 0.6) is 0 Å². The fourth-order valence-electron chi connectivity index (χ4n) is 1.57. The van der Waals surface area contributed by atoms with Gasteiger partial charge >= 0.3 is 0 Å². The van der Waals surface area contributed by atoms with E-state index >= 15 is 0 Å². The van der Waals surface area contributed by atoms with Crippen LogP contribution in [0.2, 0.25) is 0 Å². The monoisotopic (exact) mass is 247 g/mol. The quantitative estimate of drug-likeness (QED) is 0.338. The van der Waals surface area contributed by atoms with E-state index in [4.69, 9.17) is 0 Å². The van der Waals surface area contributed by atoms with E-state index in [9.17, 15) is 20.5 Å². The summed E-state index contributed by atoms with van der Waals surface area (Å²) in [6.07, 6.45) is 2.08. The van der Waals surface area contributed by atoms with E-state index < -0.39 is 4.92 Å². The molecule has 2 aromatic rings. The molecule has 0 aliphatic rings. The molecule has 7 nitrogen and oxygen atoms in total. The standard InChI is InChI=1S/C11H9N3O4/c1-8(14(17)18)6-9-7-12(15)10-4-2-3-5-11(10)13(9)16/h2-7H,1H3. The molecule has 0 aliphatic heterocycles. The zero-order chi connectivity index (χ0) is 13.3. The van der Waals surface area contributed by atoms with Gasteiger partial charge in [-0.2, -0.15) is 9.46 Å². The van der Waals surface area contributed by atoms with Crippen molar-refractivity contribution in [3.63, 3.8) is 0 Å². The highest BCUT2D eigenvalue weighted by atomic mass is 16.6. The van der Waals surface area contributed by atoms with Crippen LogP contribution in [0, 0.1) is 20.5 Å². The number of nitrogens with zero attached hydrogens (tertiary/aromatic N) is 3. The number of para-hydroxylation sites is 2. The Labute approximate surface area is 102 Å². The molecule has 1 aromatic carbocycles. The number of benzene rings is 1. The molecular weight excluding hydrogens is 238 g/mol. The van der Waals surface area contributed by atoms with Crippen LogP contribution in [-0.4, -0.2) is 4.92 Å². The summed E-state index contributed by atoms with van der Waals surface area (Å²) in [5.41, 5.74) is 0.0913. The normalized spacial score (nSPS) is 11.7. The summed E-state index contributed by atoms with van der Waals surface area (Å²) in [6.45, 7) is 1.25. The molecule has 0 fully saturated rings. The first-order valence-corrected chi connectivity index (χ1v) is 5.08. The summed E-state index contributed by atoms with van der Waals surface area (Å²) in [4.78, 5) is 9.88. The van der Waals surface area contributed by atoms with Crippen molar-refractivity contribution in [2.24, 2.45) is 0 Å². The van der Waals surface area contributed by atoms with Crippen molar-refractivity contribution < 1.29 is 14.4 Å². The lowest BCUT2D eigenvalue weighted by Gasteiger charge is -2.05. The lowest BCUT2D eigenvalue weighted by molar-refractivity contribution is -0.630. The molecule has 7 heteroatoms. The molecular formula is C11H9N3O4. The smallest absolute Gasteiger partial charge is 0.290 e. The molecule has 92 valence electrons. The average Bonchev–Trinajstić information content (AvgIpc) is 2.35. The van der Waals surface area contributed by atoms with E-state index in [1.54, 1.807) is 12.1 Å². The Hall–Kier alpha value is -2.70. The zero-order valence-corrected chi connectivity index (χ0v) is 9.44. The number of allylic oxidation sites excluding steroid dienone is 1. The lowest BCUT2D eigenvalue weighted by Crippen LogP contribution is -2.40. The van der Waals surface area contributed by atoms with Crippen molar-refractivity contribution in [3.05, 3.63) is 62.4 Å². The van der Waals surface area contributed by atoms with Crippen LogP contribution < -0.4 is 9.46 Å².